The first-order valence-electron chi connectivity index (χ1n) is 9.55. The minimum atomic E-state index is 0.461. The van der Waals surface area contributed by atoms with Crippen molar-refractivity contribution in [3.05, 3.63) is 85.5 Å². The fourth-order valence-corrected chi connectivity index (χ4v) is 5.16. The number of benzene rings is 3. The van der Waals surface area contributed by atoms with Crippen LogP contribution in [0.4, 0.5) is 17.1 Å². The molecule has 0 amide bonds. The van der Waals surface area contributed by atoms with E-state index in [1.54, 1.807) is 0 Å². The van der Waals surface area contributed by atoms with Crippen LogP contribution < -0.4 is 4.90 Å². The fraction of sp³-hybridized carbons (Fsp3) is 0.250. The molecule has 0 N–H and O–H groups in total. The standard InChI is InChI=1S/C24H21I2NO/c1-28-23-15-24(23)14-22(24)16-2-8-19(9-3-16)27(20-10-4-17(25)5-11-20)21-12-6-18(26)7-13-21/h2-13,22-23H,14-15H2,1H3. The van der Waals surface area contributed by atoms with E-state index in [0.717, 1.165) is 0 Å². The van der Waals surface area contributed by atoms with Crippen LogP contribution in [0.25, 0.3) is 0 Å². The maximum Gasteiger partial charge on any atom is 0.0641 e. The number of halogens is 2. The Morgan fingerprint density at radius 2 is 1.21 bits per heavy atom. The van der Waals surface area contributed by atoms with Crippen LogP contribution in [0.15, 0.2) is 72.8 Å². The molecule has 3 aromatic carbocycles. The summed E-state index contributed by atoms with van der Waals surface area (Å²) >= 11 is 4.71. The Morgan fingerprint density at radius 1 is 0.750 bits per heavy atom. The molecule has 3 aromatic rings. The predicted octanol–water partition coefficient (Wildman–Crippen LogP) is 7.26. The summed E-state index contributed by atoms with van der Waals surface area (Å²) in [6, 6.07) is 26.6. The van der Waals surface area contributed by atoms with Gasteiger partial charge >= 0.3 is 0 Å². The number of nitrogens with zero attached hydrogens (tertiary/aromatic N) is 1. The van der Waals surface area contributed by atoms with Crippen molar-refractivity contribution in [1.82, 2.24) is 0 Å². The molecule has 28 heavy (non-hydrogen) atoms. The van der Waals surface area contributed by atoms with Crippen LogP contribution in [0.5, 0.6) is 0 Å². The van der Waals surface area contributed by atoms with E-state index < -0.39 is 0 Å². The van der Waals surface area contributed by atoms with E-state index in [9.17, 15) is 0 Å². The average Bonchev–Trinajstić information content (AvgIpc) is 3.63. The molecule has 0 bridgehead atoms. The van der Waals surface area contributed by atoms with Crippen molar-refractivity contribution < 1.29 is 4.74 Å². The molecule has 3 atom stereocenters. The van der Waals surface area contributed by atoms with Crippen LogP contribution in [0, 0.1) is 12.6 Å². The zero-order valence-electron chi connectivity index (χ0n) is 15.6. The molecule has 5 rings (SSSR count). The van der Waals surface area contributed by atoms with Crippen molar-refractivity contribution in [3.8, 4) is 0 Å². The highest BCUT2D eigenvalue weighted by atomic mass is 127. The summed E-state index contributed by atoms with van der Waals surface area (Å²) in [5.41, 5.74) is 5.47. The molecule has 0 radical (unpaired) electrons. The molecule has 2 saturated carbocycles. The van der Waals surface area contributed by atoms with Gasteiger partial charge in [0.05, 0.1) is 6.10 Å². The van der Waals surface area contributed by atoms with Gasteiger partial charge in [0.1, 0.15) is 0 Å². The molecule has 0 aromatic heterocycles. The Bertz CT molecular complexity index is 939. The molecule has 142 valence electrons. The van der Waals surface area contributed by atoms with Gasteiger partial charge in [-0.1, -0.05) is 12.1 Å². The van der Waals surface area contributed by atoms with Crippen LogP contribution in [-0.4, -0.2) is 13.2 Å². The zero-order valence-corrected chi connectivity index (χ0v) is 19.9. The highest BCUT2D eigenvalue weighted by Crippen LogP contribution is 2.75. The van der Waals surface area contributed by atoms with Crippen LogP contribution in [0.2, 0.25) is 0 Å². The maximum absolute atomic E-state index is 5.58. The van der Waals surface area contributed by atoms with Gasteiger partial charge in [-0.15, -0.1) is 0 Å². The van der Waals surface area contributed by atoms with Crippen LogP contribution >= 0.6 is 45.2 Å². The summed E-state index contributed by atoms with van der Waals surface area (Å²) in [5, 5.41) is 0. The molecule has 0 heterocycles. The monoisotopic (exact) mass is 593 g/mol. The van der Waals surface area contributed by atoms with Crippen molar-refractivity contribution in [2.75, 3.05) is 12.0 Å². The number of ether oxygens (including phenoxy) is 1. The fourth-order valence-electron chi connectivity index (χ4n) is 4.44. The third-order valence-electron chi connectivity index (χ3n) is 6.17. The van der Waals surface area contributed by atoms with Gasteiger partial charge in [0.15, 0.2) is 0 Å². The van der Waals surface area contributed by atoms with E-state index >= 15 is 0 Å². The molecule has 2 nitrogen and oxygen atoms in total. The lowest BCUT2D eigenvalue weighted by atomic mass is 10.1. The van der Waals surface area contributed by atoms with Crippen molar-refractivity contribution in [2.24, 2.45) is 5.41 Å². The molecule has 1 spiro atoms. The third-order valence-corrected chi connectivity index (χ3v) is 7.61. The molecule has 4 heteroatoms. The van der Waals surface area contributed by atoms with Gasteiger partial charge < -0.3 is 9.64 Å². The highest BCUT2D eigenvalue weighted by molar-refractivity contribution is 14.1. The van der Waals surface area contributed by atoms with Gasteiger partial charge in [-0.3, -0.25) is 0 Å². The van der Waals surface area contributed by atoms with Crippen LogP contribution in [-0.2, 0) is 4.74 Å². The Morgan fingerprint density at radius 3 is 1.64 bits per heavy atom. The van der Waals surface area contributed by atoms with E-state index in [0.29, 0.717) is 17.4 Å². The van der Waals surface area contributed by atoms with Crippen LogP contribution in [0.3, 0.4) is 0 Å². The maximum atomic E-state index is 5.58. The largest absolute Gasteiger partial charge is 0.381 e. The SMILES string of the molecule is COC1CC12CC2c1ccc(N(c2ccc(I)cc2)c2ccc(I)cc2)cc1. The summed E-state index contributed by atoms with van der Waals surface area (Å²) in [7, 11) is 1.85. The first-order valence-corrected chi connectivity index (χ1v) is 11.7. The third kappa shape index (κ3) is 3.37. The van der Waals surface area contributed by atoms with E-state index in [4.69, 9.17) is 4.74 Å². The first kappa shape index (κ1) is 18.9. The lowest BCUT2D eigenvalue weighted by molar-refractivity contribution is 0.164. The van der Waals surface area contributed by atoms with Gasteiger partial charge in [-0.25, -0.2) is 0 Å². The van der Waals surface area contributed by atoms with Gasteiger partial charge in [-0.05, 0) is 130 Å². The molecule has 0 saturated heterocycles. The number of hydrogen-bond donors (Lipinski definition) is 0. The lowest BCUT2D eigenvalue weighted by Gasteiger charge is -2.26. The molecule has 2 fully saturated rings. The number of hydrogen-bond acceptors (Lipinski definition) is 2. The van der Waals surface area contributed by atoms with Gasteiger partial charge in [0.25, 0.3) is 0 Å². The summed E-state index contributed by atoms with van der Waals surface area (Å²) in [5.74, 6) is 0.677. The highest BCUT2D eigenvalue weighted by Gasteiger charge is 2.71. The minimum absolute atomic E-state index is 0.461. The second kappa shape index (κ2) is 7.29. The average molecular weight is 593 g/mol. The van der Waals surface area contributed by atoms with Crippen molar-refractivity contribution in [1.29, 1.82) is 0 Å². The van der Waals surface area contributed by atoms with Crippen molar-refractivity contribution >= 4 is 62.2 Å². The predicted molar refractivity (Wildman–Crippen MR) is 132 cm³/mol. The van der Waals surface area contributed by atoms with E-state index in [1.807, 2.05) is 7.11 Å². The summed E-state index contributed by atoms with van der Waals surface area (Å²) in [4.78, 5) is 2.33. The van der Waals surface area contributed by atoms with Crippen LogP contribution in [0.1, 0.15) is 24.3 Å². The Hall–Kier alpha value is -1.12. The van der Waals surface area contributed by atoms with Gasteiger partial charge in [0.2, 0.25) is 0 Å². The normalized spacial score (nSPS) is 25.0. The number of rotatable bonds is 5. The quantitative estimate of drug-likeness (QED) is 0.289. The zero-order chi connectivity index (χ0) is 19.3. The molecular weight excluding hydrogens is 572 g/mol. The topological polar surface area (TPSA) is 12.5 Å². The van der Waals surface area contributed by atoms with Crippen molar-refractivity contribution in [2.45, 2.75) is 24.9 Å². The Balaban J connectivity index is 1.47. The Kier molecular flexibility index (Phi) is 4.92. The summed E-state index contributed by atoms with van der Waals surface area (Å²) in [6.07, 6.45) is 2.99. The molecule has 2 aliphatic carbocycles. The second-order valence-electron chi connectivity index (χ2n) is 7.80. The summed E-state index contributed by atoms with van der Waals surface area (Å²) in [6.45, 7) is 0. The van der Waals surface area contributed by atoms with E-state index in [-0.39, 0.29) is 0 Å². The second-order valence-corrected chi connectivity index (χ2v) is 10.3. The lowest BCUT2D eigenvalue weighted by Crippen LogP contribution is -2.10. The molecule has 2 aliphatic rings. The Labute approximate surface area is 193 Å². The van der Waals surface area contributed by atoms with Gasteiger partial charge in [0, 0.05) is 36.7 Å². The van der Waals surface area contributed by atoms with E-state index in [2.05, 4.69) is 123 Å². The van der Waals surface area contributed by atoms with Gasteiger partial charge in [-0.2, -0.15) is 0 Å². The number of methoxy groups -OCH3 is 1. The smallest absolute Gasteiger partial charge is 0.0641 e. The van der Waals surface area contributed by atoms with E-state index in [1.165, 1.54) is 42.6 Å². The summed E-state index contributed by atoms with van der Waals surface area (Å²) < 4.78 is 8.07. The molecular formula is C24H21I2NO. The molecule has 0 aliphatic heterocycles. The number of anilines is 3. The molecule has 3 unspecified atom stereocenters. The van der Waals surface area contributed by atoms with Crippen molar-refractivity contribution in [3.63, 3.8) is 0 Å². The first-order chi connectivity index (χ1) is 13.6. The minimum Gasteiger partial charge on any atom is -0.381 e.